The van der Waals surface area contributed by atoms with Gasteiger partial charge in [0.1, 0.15) is 35.4 Å². The molecule has 1 saturated heterocycles. The van der Waals surface area contributed by atoms with E-state index in [1.54, 1.807) is 53.7 Å². The van der Waals surface area contributed by atoms with Gasteiger partial charge in [0.15, 0.2) is 0 Å². The zero-order chi connectivity index (χ0) is 35.1. The fraction of sp³-hybridized carbons (Fsp3) is 0.567. The smallest absolute Gasteiger partial charge is 0.408 e. The lowest BCUT2D eigenvalue weighted by Crippen LogP contribution is -2.71. The third kappa shape index (κ3) is 9.49. The van der Waals surface area contributed by atoms with E-state index >= 15 is 0 Å². The average molecular weight is 681 g/mol. The maximum atomic E-state index is 13.4. The third-order valence-corrected chi connectivity index (χ3v) is 8.00. The molecule has 0 aliphatic carbocycles. The molecule has 1 fully saturated rings. The molecule has 17 heteroatoms. The van der Waals surface area contributed by atoms with Crippen molar-refractivity contribution in [3.05, 3.63) is 35.8 Å². The Labute approximate surface area is 275 Å². The summed E-state index contributed by atoms with van der Waals surface area (Å²) in [7, 11) is 0. The van der Waals surface area contributed by atoms with E-state index in [9.17, 15) is 33.6 Å². The largest absolute Gasteiger partial charge is 0.464 e. The Morgan fingerprint density at radius 2 is 1.66 bits per heavy atom. The van der Waals surface area contributed by atoms with Gasteiger partial charge in [-0.25, -0.2) is 19.2 Å². The maximum Gasteiger partial charge on any atom is 0.408 e. The number of fused-ring (bicyclic) bond motifs is 1. The molecular weight excluding hydrogens is 640 g/mol. The van der Waals surface area contributed by atoms with Gasteiger partial charge in [-0.15, -0.1) is 11.8 Å². The summed E-state index contributed by atoms with van der Waals surface area (Å²) in [6, 6.07) is -0.379. The van der Waals surface area contributed by atoms with Crippen molar-refractivity contribution in [2.24, 2.45) is 5.92 Å². The van der Waals surface area contributed by atoms with Crippen LogP contribution in [0.25, 0.3) is 0 Å². The van der Waals surface area contributed by atoms with Crippen molar-refractivity contribution in [2.45, 2.75) is 77.6 Å². The van der Waals surface area contributed by atoms with Gasteiger partial charge in [-0.3, -0.25) is 19.3 Å². The molecule has 0 saturated carbocycles. The van der Waals surface area contributed by atoms with Crippen LogP contribution in [0.1, 0.15) is 54.5 Å². The van der Waals surface area contributed by atoms with E-state index in [2.05, 4.69) is 10.6 Å². The second-order valence-corrected chi connectivity index (χ2v) is 12.9. The quantitative estimate of drug-likeness (QED) is 0.0998. The maximum absolute atomic E-state index is 13.4. The molecule has 0 spiro atoms. The lowest BCUT2D eigenvalue weighted by molar-refractivity contribution is -0.170. The fourth-order valence-corrected chi connectivity index (χ4v) is 5.87. The highest BCUT2D eigenvalue weighted by Gasteiger charge is 2.55. The summed E-state index contributed by atoms with van der Waals surface area (Å²) in [5, 5.41) is 4.24. The van der Waals surface area contributed by atoms with Crippen LogP contribution >= 0.6 is 11.8 Å². The van der Waals surface area contributed by atoms with Gasteiger partial charge in [-0.1, -0.05) is 13.8 Å². The number of hydrogen-bond acceptors (Lipinski definition) is 13. The number of carbonyl (C=O) groups excluding carboxylic acids is 7. The van der Waals surface area contributed by atoms with Crippen molar-refractivity contribution >= 4 is 53.5 Å². The van der Waals surface area contributed by atoms with Gasteiger partial charge in [0.05, 0.1) is 6.61 Å². The van der Waals surface area contributed by atoms with Crippen molar-refractivity contribution in [2.75, 3.05) is 25.8 Å². The van der Waals surface area contributed by atoms with Crippen molar-refractivity contribution in [3.8, 4) is 0 Å². The first kappa shape index (κ1) is 36.9. The Bertz CT molecular complexity index is 1400. The van der Waals surface area contributed by atoms with Gasteiger partial charge < -0.3 is 38.9 Å². The van der Waals surface area contributed by atoms with Gasteiger partial charge in [-0.05, 0) is 45.7 Å². The minimum atomic E-state index is -1.39. The van der Waals surface area contributed by atoms with Crippen molar-refractivity contribution < 1.29 is 57.2 Å². The highest BCUT2D eigenvalue weighted by atomic mass is 32.2. The van der Waals surface area contributed by atoms with E-state index in [1.165, 1.54) is 35.6 Å². The van der Waals surface area contributed by atoms with Gasteiger partial charge in [0.25, 0.3) is 11.8 Å². The van der Waals surface area contributed by atoms with Crippen LogP contribution in [0, 0.1) is 5.92 Å². The number of carbonyl (C=O) groups is 7. The molecule has 2 aliphatic rings. The fourth-order valence-electron chi connectivity index (χ4n) is 4.54. The topological polar surface area (TPSA) is 198 Å². The molecule has 3 amide bonds. The van der Waals surface area contributed by atoms with Crippen LogP contribution in [0.15, 0.2) is 35.8 Å². The summed E-state index contributed by atoms with van der Waals surface area (Å²) in [6.07, 6.45) is 2.18. The Balaban J connectivity index is 1.72. The standard InChI is InChI=1S/C30H40N4O12S/c1-8-42-28(40)22(33-11-9-10-12-33)23(36)31-20-24(37)34-21(18(13-43-17(4)35)14-47-25(20)34)27(39)45-15-44-26(38)19(16(2)3)32-29(41)46-30(5,6)7/h9-12,16,19-20,22,25H,8,13-15H2,1-7H3,(H,31,36)(H,32,41). The number of β-lactam (4-membered cyclic amide) rings is 1. The Morgan fingerprint density at radius 3 is 2.23 bits per heavy atom. The summed E-state index contributed by atoms with van der Waals surface area (Å²) in [5.41, 5.74) is -0.791. The zero-order valence-electron chi connectivity index (χ0n) is 27.2. The number of rotatable bonds is 13. The highest BCUT2D eigenvalue weighted by Crippen LogP contribution is 2.41. The van der Waals surface area contributed by atoms with Crippen LogP contribution in [0.2, 0.25) is 0 Å². The average Bonchev–Trinajstić information content (AvgIpc) is 3.50. The number of nitrogens with zero attached hydrogens (tertiary/aromatic N) is 2. The van der Waals surface area contributed by atoms with Crippen molar-refractivity contribution in [1.82, 2.24) is 20.1 Å². The normalized spacial score (nSPS) is 18.6. The van der Waals surface area contributed by atoms with E-state index in [0.717, 1.165) is 4.90 Å². The monoisotopic (exact) mass is 680 g/mol. The molecule has 16 nitrogen and oxygen atoms in total. The minimum absolute atomic E-state index is 0.0353. The first-order valence-electron chi connectivity index (χ1n) is 14.8. The predicted octanol–water partition coefficient (Wildman–Crippen LogP) is 1.40. The van der Waals surface area contributed by atoms with Crippen molar-refractivity contribution in [1.29, 1.82) is 0 Å². The number of nitrogens with one attached hydrogen (secondary N) is 2. The molecule has 0 aromatic carbocycles. The Morgan fingerprint density at radius 1 is 1.00 bits per heavy atom. The molecule has 2 aliphatic heterocycles. The van der Waals surface area contributed by atoms with Crippen LogP contribution in [-0.2, 0) is 52.5 Å². The highest BCUT2D eigenvalue weighted by molar-refractivity contribution is 8.00. The molecule has 4 unspecified atom stereocenters. The first-order valence-corrected chi connectivity index (χ1v) is 15.8. The molecule has 4 atom stereocenters. The summed E-state index contributed by atoms with van der Waals surface area (Å²) in [6.45, 7) is 9.95. The van der Waals surface area contributed by atoms with Crippen LogP contribution < -0.4 is 10.6 Å². The number of hydrogen-bond donors (Lipinski definition) is 2. The lowest BCUT2D eigenvalue weighted by Gasteiger charge is -2.49. The molecular formula is C30H40N4O12S. The number of alkyl carbamates (subject to hydrolysis) is 1. The Kier molecular flexibility index (Phi) is 12.4. The molecule has 3 heterocycles. The number of aromatic nitrogens is 1. The number of thioether (sulfide) groups is 1. The van der Waals surface area contributed by atoms with E-state index in [0.29, 0.717) is 0 Å². The van der Waals surface area contributed by atoms with Crippen LogP contribution in [0.3, 0.4) is 0 Å². The van der Waals surface area contributed by atoms with Gasteiger partial charge in [-0.2, -0.15) is 0 Å². The second-order valence-electron chi connectivity index (χ2n) is 11.8. The van der Waals surface area contributed by atoms with Gasteiger partial charge >= 0.3 is 30.0 Å². The van der Waals surface area contributed by atoms with Crippen LogP contribution in [-0.4, -0.2) is 100 Å². The number of ether oxygens (including phenoxy) is 5. The third-order valence-electron chi connectivity index (χ3n) is 6.66. The molecule has 2 N–H and O–H groups in total. The summed E-state index contributed by atoms with van der Waals surface area (Å²) in [4.78, 5) is 90.1. The molecule has 1 aromatic rings. The molecule has 0 radical (unpaired) electrons. The van der Waals surface area contributed by atoms with E-state index in [1.807, 2.05) is 0 Å². The number of amides is 3. The minimum Gasteiger partial charge on any atom is -0.464 e. The van der Waals surface area contributed by atoms with E-state index < -0.39 is 83.6 Å². The summed E-state index contributed by atoms with van der Waals surface area (Å²) in [5.74, 6) is -5.16. The van der Waals surface area contributed by atoms with Crippen LogP contribution in [0.4, 0.5) is 4.79 Å². The van der Waals surface area contributed by atoms with Crippen LogP contribution in [0.5, 0.6) is 0 Å². The lowest BCUT2D eigenvalue weighted by atomic mass is 10.0. The zero-order valence-corrected chi connectivity index (χ0v) is 28.0. The predicted molar refractivity (Wildman–Crippen MR) is 164 cm³/mol. The molecule has 258 valence electrons. The first-order chi connectivity index (χ1) is 22.0. The second kappa shape index (κ2) is 15.8. The molecule has 1 aromatic heterocycles. The number of esters is 4. The van der Waals surface area contributed by atoms with E-state index in [4.69, 9.17) is 23.7 Å². The van der Waals surface area contributed by atoms with Gasteiger partial charge in [0, 0.05) is 30.6 Å². The van der Waals surface area contributed by atoms with E-state index in [-0.39, 0.29) is 30.2 Å². The van der Waals surface area contributed by atoms with Gasteiger partial charge in [0.2, 0.25) is 12.8 Å². The summed E-state index contributed by atoms with van der Waals surface area (Å²) < 4.78 is 27.0. The molecule has 47 heavy (non-hydrogen) atoms. The Hall–Kier alpha value is -4.54. The van der Waals surface area contributed by atoms with Crippen molar-refractivity contribution in [3.63, 3.8) is 0 Å². The molecule has 0 bridgehead atoms. The SMILES string of the molecule is CCOC(=O)C(C(=O)NC1C(=O)N2C(C(=O)OCOC(=O)C(NC(=O)OC(C)(C)C)C(C)C)=C(COC(C)=O)CSC12)n1cccc1. The summed E-state index contributed by atoms with van der Waals surface area (Å²) >= 11 is 1.19. The molecule has 3 rings (SSSR count).